The molecule has 1 unspecified atom stereocenters. The molecule has 14 heavy (non-hydrogen) atoms. The molecule has 0 spiro atoms. The van der Waals surface area contributed by atoms with Crippen LogP contribution in [-0.4, -0.2) is 28.4 Å². The summed E-state index contributed by atoms with van der Waals surface area (Å²) in [5, 5.41) is 28.7. The van der Waals surface area contributed by atoms with E-state index >= 15 is 0 Å². The molecule has 0 aliphatic heterocycles. The second-order valence-corrected chi connectivity index (χ2v) is 2.45. The smallest absolute Gasteiger partial charge is 0.547 e. The van der Waals surface area contributed by atoms with Gasteiger partial charge in [-0.2, -0.15) is 0 Å². The largest absolute Gasteiger partial charge is 1.00 e. The third-order valence-corrected chi connectivity index (χ3v) is 1.17. The van der Waals surface area contributed by atoms with E-state index < -0.39 is 29.7 Å². The number of hydrogen-bond donors (Lipinski definition) is 1. The van der Waals surface area contributed by atoms with Crippen LogP contribution in [0.5, 0.6) is 0 Å². The number of ketones is 1. The van der Waals surface area contributed by atoms with E-state index in [0.29, 0.717) is 0 Å². The average molecular weight is 188 g/mol. The predicted molar refractivity (Wildman–Crippen MR) is 30.3 cm³/mol. The summed E-state index contributed by atoms with van der Waals surface area (Å²) in [5.41, 5.74) is -2.46. The topological polar surface area (TPSA) is 118 Å². The number of carboxylic acid groups (broad SMARTS) is 2. The van der Waals surface area contributed by atoms with E-state index in [2.05, 4.69) is 0 Å². The monoisotopic (exact) mass is 188 g/mol. The van der Waals surface area contributed by atoms with Gasteiger partial charge >= 0.3 is 37.7 Å². The van der Waals surface area contributed by atoms with Crippen LogP contribution in [0.25, 0.3) is 0 Å². The summed E-state index contributed by atoms with van der Waals surface area (Å²) in [6.45, 7) is 0.767. The fourth-order valence-electron chi connectivity index (χ4n) is 0.457. The van der Waals surface area contributed by atoms with Gasteiger partial charge in [-0.05, 0) is 6.92 Å². The van der Waals surface area contributed by atoms with Gasteiger partial charge in [-0.15, -0.1) is 0 Å². The minimum Gasteiger partial charge on any atom is -0.547 e. The van der Waals surface area contributed by atoms with Crippen molar-refractivity contribution in [3.63, 3.8) is 0 Å². The van der Waals surface area contributed by atoms with Crippen molar-refractivity contribution in [3.8, 4) is 0 Å². The fraction of sp³-hybridized carbons (Fsp3) is 0.500. The number of carbonyl (C=O) groups excluding carboxylic acids is 3. The first kappa shape index (κ1) is 19.4. The molecule has 0 aromatic rings. The minimum atomic E-state index is -2.46. The number of aliphatic carboxylic acids is 2. The summed E-state index contributed by atoms with van der Waals surface area (Å²) in [7, 11) is 0. The van der Waals surface area contributed by atoms with E-state index in [0.717, 1.165) is 6.92 Å². The Morgan fingerprint density at radius 3 is 1.79 bits per heavy atom. The predicted octanol–water partition coefficient (Wildman–Crippen LogP) is -9.80. The van der Waals surface area contributed by atoms with E-state index in [1.807, 2.05) is 0 Å². The minimum absolute atomic E-state index is 0. The zero-order chi connectivity index (χ0) is 9.94. The van der Waals surface area contributed by atoms with Gasteiger partial charge in [0.15, 0.2) is 5.78 Å². The van der Waals surface area contributed by atoms with Crippen molar-refractivity contribution in [2.45, 2.75) is 18.9 Å². The van der Waals surface area contributed by atoms with Crippen molar-refractivity contribution < 1.29 is 67.4 Å². The average Bonchev–Trinajstić information content (AvgIpc) is 1.85. The van der Waals surface area contributed by atoms with Crippen LogP contribution in [0, 0.1) is 0 Å². The molecule has 1 N–H and O–H groups in total. The van der Waals surface area contributed by atoms with Crippen molar-refractivity contribution in [1.29, 1.82) is 0 Å². The molecule has 68 valence electrons. The van der Waals surface area contributed by atoms with Crippen LogP contribution >= 0.6 is 0 Å². The molecule has 0 aromatic carbocycles. The van der Waals surface area contributed by atoms with Gasteiger partial charge in [0, 0.05) is 6.42 Å². The zero-order valence-corrected chi connectivity index (χ0v) is 8.20. The van der Waals surface area contributed by atoms with Crippen molar-refractivity contribution >= 4 is 17.7 Å². The Morgan fingerprint density at radius 2 is 1.57 bits per heavy atom. The molecule has 0 heterocycles. The molecule has 0 aliphatic carbocycles. The second kappa shape index (κ2) is 7.11. The van der Waals surface area contributed by atoms with Gasteiger partial charge in [0.1, 0.15) is 11.6 Å². The Morgan fingerprint density at radius 1 is 1.21 bits per heavy atom. The number of carbonyl (C=O) groups is 3. The van der Waals surface area contributed by atoms with Gasteiger partial charge < -0.3 is 24.9 Å². The van der Waals surface area contributed by atoms with E-state index in [4.69, 9.17) is 5.11 Å². The molecule has 0 aliphatic rings. The van der Waals surface area contributed by atoms with Crippen molar-refractivity contribution in [3.05, 3.63) is 0 Å². The summed E-state index contributed by atoms with van der Waals surface area (Å²) >= 11 is 0. The van der Waals surface area contributed by atoms with Gasteiger partial charge in [0.25, 0.3) is 0 Å². The maximum absolute atomic E-state index is 10.3. The molecule has 0 saturated carbocycles. The summed E-state index contributed by atoms with van der Waals surface area (Å²) in [5.74, 6) is -5.42. The van der Waals surface area contributed by atoms with Gasteiger partial charge in [-0.3, -0.25) is 4.79 Å². The third kappa shape index (κ3) is 6.25. The summed E-state index contributed by atoms with van der Waals surface area (Å²) in [4.78, 5) is 30.2. The molecule has 0 radical (unpaired) electrons. The summed E-state index contributed by atoms with van der Waals surface area (Å²) < 4.78 is 0. The maximum atomic E-state index is 10.3. The SMILES string of the molecule is CC(O)(CC(=O)C(=O)[O-])C(=O)[O-].[Li+].[Li+]. The molecule has 0 saturated heterocycles. The van der Waals surface area contributed by atoms with E-state index in [1.54, 1.807) is 0 Å². The number of carboxylic acids is 2. The van der Waals surface area contributed by atoms with Crippen molar-refractivity contribution in [2.75, 3.05) is 0 Å². The second-order valence-electron chi connectivity index (χ2n) is 2.45. The zero-order valence-electron chi connectivity index (χ0n) is 8.20. The Kier molecular flexibility index (Phi) is 9.83. The van der Waals surface area contributed by atoms with E-state index in [9.17, 15) is 24.6 Å². The number of rotatable bonds is 4. The van der Waals surface area contributed by atoms with Crippen LogP contribution in [0.15, 0.2) is 0 Å². The van der Waals surface area contributed by atoms with Crippen LogP contribution in [0.4, 0.5) is 0 Å². The maximum Gasteiger partial charge on any atom is 1.00 e. The third-order valence-electron chi connectivity index (χ3n) is 1.17. The summed E-state index contributed by atoms with van der Waals surface area (Å²) in [6, 6.07) is 0. The molecule has 0 fully saturated rings. The Hall–Kier alpha value is -0.235. The molecular formula is C6H6Li2O6. The first-order valence-electron chi connectivity index (χ1n) is 2.95. The Balaban J connectivity index is -0.000000605. The molecule has 6 nitrogen and oxygen atoms in total. The van der Waals surface area contributed by atoms with Gasteiger partial charge in [-0.25, -0.2) is 0 Å². The quantitative estimate of drug-likeness (QED) is 0.345. The van der Waals surface area contributed by atoms with Gasteiger partial charge in [0.05, 0.1) is 5.97 Å². The molecule has 0 aromatic heterocycles. The van der Waals surface area contributed by atoms with Crippen LogP contribution < -0.4 is 47.9 Å². The number of hydrogen-bond acceptors (Lipinski definition) is 6. The first-order chi connectivity index (χ1) is 5.27. The van der Waals surface area contributed by atoms with E-state index in [-0.39, 0.29) is 37.7 Å². The number of aliphatic hydroxyl groups is 1. The van der Waals surface area contributed by atoms with Crippen molar-refractivity contribution in [2.24, 2.45) is 0 Å². The standard InChI is InChI=1S/C6H8O6.2Li/c1-6(12,5(10)11)2-3(7)4(8)9;;/h12H,2H2,1H3,(H,8,9)(H,10,11);;/q;2*+1/p-2. The Labute approximate surface area is 104 Å². The van der Waals surface area contributed by atoms with E-state index in [1.165, 1.54) is 0 Å². The van der Waals surface area contributed by atoms with Gasteiger partial charge in [0.2, 0.25) is 0 Å². The first-order valence-corrected chi connectivity index (χ1v) is 2.95. The van der Waals surface area contributed by atoms with Crippen LogP contribution in [-0.2, 0) is 14.4 Å². The molecule has 0 amide bonds. The fourth-order valence-corrected chi connectivity index (χ4v) is 0.457. The van der Waals surface area contributed by atoms with Crippen molar-refractivity contribution in [1.82, 2.24) is 0 Å². The van der Waals surface area contributed by atoms with Crippen LogP contribution in [0.3, 0.4) is 0 Å². The Bertz CT molecular complexity index is 236. The summed E-state index contributed by atoms with van der Waals surface area (Å²) in [6.07, 6.45) is -1.06. The molecular weight excluding hydrogens is 182 g/mol. The normalized spacial score (nSPS) is 12.7. The van der Waals surface area contributed by atoms with Gasteiger partial charge in [-0.1, -0.05) is 0 Å². The molecule has 1 atom stereocenters. The van der Waals surface area contributed by atoms with Crippen LogP contribution in [0.1, 0.15) is 13.3 Å². The molecule has 8 heteroatoms. The molecule has 0 rings (SSSR count). The molecule has 0 bridgehead atoms. The number of Topliss-reactive ketones (excluding diaryl/α,β-unsaturated/α-hetero) is 1. The van der Waals surface area contributed by atoms with Crippen LogP contribution in [0.2, 0.25) is 0 Å².